The van der Waals surface area contributed by atoms with Gasteiger partial charge in [0, 0.05) is 11.1 Å². The molecule has 0 spiro atoms. The number of hydrogen-bond acceptors (Lipinski definition) is 2. The molecule has 1 amide bonds. The summed E-state index contributed by atoms with van der Waals surface area (Å²) in [5.41, 5.74) is 0.841. The van der Waals surface area contributed by atoms with Gasteiger partial charge in [-0.25, -0.2) is 0 Å². The first-order valence-corrected chi connectivity index (χ1v) is 6.68. The van der Waals surface area contributed by atoms with Gasteiger partial charge in [-0.05, 0) is 30.5 Å². The van der Waals surface area contributed by atoms with Gasteiger partial charge in [-0.1, -0.05) is 30.5 Å². The SMILES string of the molecule is COc1ccc(CC(=O)NC2CCCC2)c(Cl)c1. The second-order valence-corrected chi connectivity index (χ2v) is 5.09. The molecule has 0 atom stereocenters. The summed E-state index contributed by atoms with van der Waals surface area (Å²) >= 11 is 6.11. The number of nitrogens with one attached hydrogen (secondary N) is 1. The summed E-state index contributed by atoms with van der Waals surface area (Å²) < 4.78 is 5.08. The zero-order valence-electron chi connectivity index (χ0n) is 10.5. The van der Waals surface area contributed by atoms with E-state index in [0.717, 1.165) is 18.4 Å². The molecule has 1 N–H and O–H groups in total. The number of hydrogen-bond donors (Lipinski definition) is 1. The lowest BCUT2D eigenvalue weighted by Crippen LogP contribution is -2.33. The Morgan fingerprint density at radius 2 is 2.17 bits per heavy atom. The highest BCUT2D eigenvalue weighted by Gasteiger charge is 2.17. The predicted octanol–water partition coefficient (Wildman–Crippen LogP) is 2.95. The molecule has 1 aromatic rings. The molecule has 18 heavy (non-hydrogen) atoms. The van der Waals surface area contributed by atoms with Crippen LogP contribution in [0.4, 0.5) is 0 Å². The van der Waals surface area contributed by atoms with Crippen LogP contribution < -0.4 is 10.1 Å². The maximum Gasteiger partial charge on any atom is 0.224 e. The van der Waals surface area contributed by atoms with Crippen molar-refractivity contribution in [3.63, 3.8) is 0 Å². The lowest BCUT2D eigenvalue weighted by atomic mass is 10.1. The van der Waals surface area contributed by atoms with E-state index in [0.29, 0.717) is 23.2 Å². The minimum atomic E-state index is 0.0500. The Kier molecular flexibility index (Phi) is 4.48. The summed E-state index contributed by atoms with van der Waals surface area (Å²) in [6.45, 7) is 0. The fraction of sp³-hybridized carbons (Fsp3) is 0.500. The molecule has 0 radical (unpaired) electrons. The van der Waals surface area contributed by atoms with E-state index >= 15 is 0 Å². The van der Waals surface area contributed by atoms with Gasteiger partial charge in [-0.2, -0.15) is 0 Å². The van der Waals surface area contributed by atoms with Crippen LogP contribution >= 0.6 is 11.6 Å². The highest BCUT2D eigenvalue weighted by atomic mass is 35.5. The Balaban J connectivity index is 1.93. The van der Waals surface area contributed by atoms with Gasteiger partial charge >= 0.3 is 0 Å². The summed E-state index contributed by atoms with van der Waals surface area (Å²) in [7, 11) is 1.60. The second kappa shape index (κ2) is 6.10. The molecule has 4 heteroatoms. The van der Waals surface area contributed by atoms with Crippen LogP contribution in [-0.2, 0) is 11.2 Å². The van der Waals surface area contributed by atoms with E-state index in [-0.39, 0.29) is 5.91 Å². The lowest BCUT2D eigenvalue weighted by Gasteiger charge is -2.12. The van der Waals surface area contributed by atoms with Gasteiger partial charge in [-0.3, -0.25) is 4.79 Å². The third-order valence-corrected chi connectivity index (χ3v) is 3.68. The summed E-state index contributed by atoms with van der Waals surface area (Å²) in [6, 6.07) is 5.76. The first-order valence-electron chi connectivity index (χ1n) is 6.31. The molecule has 1 aliphatic rings. The largest absolute Gasteiger partial charge is 0.497 e. The van der Waals surface area contributed by atoms with Crippen LogP contribution in [0.25, 0.3) is 0 Å². The van der Waals surface area contributed by atoms with E-state index < -0.39 is 0 Å². The van der Waals surface area contributed by atoms with E-state index in [1.165, 1.54) is 12.8 Å². The molecule has 3 nitrogen and oxygen atoms in total. The van der Waals surface area contributed by atoms with Gasteiger partial charge in [0.25, 0.3) is 0 Å². The van der Waals surface area contributed by atoms with Crippen molar-refractivity contribution < 1.29 is 9.53 Å². The number of carbonyl (C=O) groups is 1. The van der Waals surface area contributed by atoms with Crippen molar-refractivity contribution in [2.75, 3.05) is 7.11 Å². The van der Waals surface area contributed by atoms with Crippen LogP contribution in [-0.4, -0.2) is 19.1 Å². The minimum Gasteiger partial charge on any atom is -0.497 e. The van der Waals surface area contributed by atoms with Crippen LogP contribution in [0.15, 0.2) is 18.2 Å². The first kappa shape index (κ1) is 13.2. The van der Waals surface area contributed by atoms with Crippen LogP contribution in [0.5, 0.6) is 5.75 Å². The molecular formula is C14H18ClNO2. The fourth-order valence-electron chi connectivity index (χ4n) is 2.32. The number of carbonyl (C=O) groups excluding carboxylic acids is 1. The van der Waals surface area contributed by atoms with E-state index in [4.69, 9.17) is 16.3 Å². The molecule has 2 rings (SSSR count). The number of amides is 1. The van der Waals surface area contributed by atoms with Crippen LogP contribution in [0.1, 0.15) is 31.2 Å². The molecule has 0 unspecified atom stereocenters. The smallest absolute Gasteiger partial charge is 0.224 e. The van der Waals surface area contributed by atoms with Crippen molar-refractivity contribution in [1.82, 2.24) is 5.32 Å². The summed E-state index contributed by atoms with van der Waals surface area (Å²) in [5.74, 6) is 0.758. The van der Waals surface area contributed by atoms with Gasteiger partial charge in [-0.15, -0.1) is 0 Å². The Morgan fingerprint density at radius 3 is 2.78 bits per heavy atom. The normalized spacial score (nSPS) is 15.7. The molecule has 1 fully saturated rings. The molecule has 0 aromatic heterocycles. The molecule has 98 valence electrons. The van der Waals surface area contributed by atoms with Crippen molar-refractivity contribution in [3.05, 3.63) is 28.8 Å². The van der Waals surface area contributed by atoms with Gasteiger partial charge in [0.2, 0.25) is 5.91 Å². The number of methoxy groups -OCH3 is 1. The molecule has 1 aliphatic carbocycles. The average molecular weight is 268 g/mol. The Morgan fingerprint density at radius 1 is 1.44 bits per heavy atom. The average Bonchev–Trinajstić information content (AvgIpc) is 2.84. The van der Waals surface area contributed by atoms with Crippen molar-refractivity contribution in [2.24, 2.45) is 0 Å². The quantitative estimate of drug-likeness (QED) is 0.911. The van der Waals surface area contributed by atoms with Gasteiger partial charge in [0.05, 0.1) is 13.5 Å². The molecule has 1 aromatic carbocycles. The first-order chi connectivity index (χ1) is 8.69. The van der Waals surface area contributed by atoms with Crippen LogP contribution in [0.3, 0.4) is 0 Å². The third-order valence-electron chi connectivity index (χ3n) is 3.33. The monoisotopic (exact) mass is 267 g/mol. The van der Waals surface area contributed by atoms with Crippen molar-refractivity contribution >= 4 is 17.5 Å². The van der Waals surface area contributed by atoms with Crippen molar-refractivity contribution in [1.29, 1.82) is 0 Å². The Hall–Kier alpha value is -1.22. The van der Waals surface area contributed by atoms with E-state index in [9.17, 15) is 4.79 Å². The van der Waals surface area contributed by atoms with Gasteiger partial charge < -0.3 is 10.1 Å². The zero-order valence-corrected chi connectivity index (χ0v) is 11.3. The molecule has 0 saturated heterocycles. The highest BCUT2D eigenvalue weighted by molar-refractivity contribution is 6.31. The van der Waals surface area contributed by atoms with Gasteiger partial charge in [0.1, 0.15) is 5.75 Å². The topological polar surface area (TPSA) is 38.3 Å². The van der Waals surface area contributed by atoms with Crippen LogP contribution in [0.2, 0.25) is 5.02 Å². The predicted molar refractivity (Wildman–Crippen MR) is 72.1 cm³/mol. The Bertz CT molecular complexity index is 428. The minimum absolute atomic E-state index is 0.0500. The number of ether oxygens (including phenoxy) is 1. The second-order valence-electron chi connectivity index (χ2n) is 4.68. The molecule has 1 saturated carbocycles. The fourth-order valence-corrected chi connectivity index (χ4v) is 2.56. The molecular weight excluding hydrogens is 250 g/mol. The summed E-state index contributed by atoms with van der Waals surface area (Å²) in [6.07, 6.45) is 4.96. The molecule has 0 heterocycles. The third kappa shape index (κ3) is 3.39. The zero-order chi connectivity index (χ0) is 13.0. The van der Waals surface area contributed by atoms with Crippen molar-refractivity contribution in [3.8, 4) is 5.75 Å². The molecule has 0 bridgehead atoms. The Labute approximate surface area is 112 Å². The number of benzene rings is 1. The standard InChI is InChI=1S/C14H18ClNO2/c1-18-12-7-6-10(13(15)9-12)8-14(17)16-11-4-2-3-5-11/h6-7,9,11H,2-5,8H2,1H3,(H,16,17). The number of halogens is 1. The lowest BCUT2D eigenvalue weighted by molar-refractivity contribution is -0.121. The van der Waals surface area contributed by atoms with E-state index in [1.54, 1.807) is 13.2 Å². The number of rotatable bonds is 4. The summed E-state index contributed by atoms with van der Waals surface area (Å²) in [4.78, 5) is 11.9. The van der Waals surface area contributed by atoms with E-state index in [2.05, 4.69) is 5.32 Å². The van der Waals surface area contributed by atoms with E-state index in [1.807, 2.05) is 12.1 Å². The van der Waals surface area contributed by atoms with Crippen LogP contribution in [0, 0.1) is 0 Å². The van der Waals surface area contributed by atoms with Gasteiger partial charge in [0.15, 0.2) is 0 Å². The maximum absolute atomic E-state index is 11.9. The highest BCUT2D eigenvalue weighted by Crippen LogP contribution is 2.23. The van der Waals surface area contributed by atoms with Crippen molar-refractivity contribution in [2.45, 2.75) is 38.1 Å². The molecule has 0 aliphatic heterocycles. The maximum atomic E-state index is 11.9. The summed E-state index contributed by atoms with van der Waals surface area (Å²) in [5, 5.41) is 3.63.